The highest BCUT2D eigenvalue weighted by molar-refractivity contribution is 7.13. The van der Waals surface area contributed by atoms with Gasteiger partial charge >= 0.3 is 0 Å². The Morgan fingerprint density at radius 1 is 1.13 bits per heavy atom. The number of hydrogen-bond acceptors (Lipinski definition) is 9. The molecule has 0 saturated carbocycles. The molecule has 0 spiro atoms. The van der Waals surface area contributed by atoms with Gasteiger partial charge in [0.25, 0.3) is 0 Å². The Bertz CT molecular complexity index is 960. The number of ether oxygens (including phenoxy) is 2. The van der Waals surface area contributed by atoms with Crippen molar-refractivity contribution in [1.29, 1.82) is 0 Å². The second-order valence-corrected chi connectivity index (χ2v) is 8.05. The summed E-state index contributed by atoms with van der Waals surface area (Å²) < 4.78 is 11.1. The van der Waals surface area contributed by atoms with E-state index >= 15 is 0 Å². The molecule has 1 aliphatic heterocycles. The first-order valence-electron chi connectivity index (χ1n) is 9.47. The van der Waals surface area contributed by atoms with E-state index in [-0.39, 0.29) is 5.88 Å². The molecule has 9 nitrogen and oxygen atoms in total. The Kier molecular flexibility index (Phi) is 6.14. The van der Waals surface area contributed by atoms with Crippen LogP contribution in [0.15, 0.2) is 35.8 Å². The number of aromatic amines is 1. The van der Waals surface area contributed by atoms with E-state index in [9.17, 15) is 20.4 Å². The van der Waals surface area contributed by atoms with Crippen LogP contribution in [-0.4, -0.2) is 72.9 Å². The van der Waals surface area contributed by atoms with E-state index in [0.29, 0.717) is 6.42 Å². The Hall–Kier alpha value is -2.34. The minimum Gasteiger partial charge on any atom is -0.443 e. The van der Waals surface area contributed by atoms with Crippen LogP contribution in [-0.2, 0) is 11.2 Å². The average molecular weight is 433 g/mol. The SMILES string of the molecule is Cc1[nH]nc(OC2O[C@H](CO)[C@@H](O)[C@H](O)[C@H]2O)c1Cc1ccc(-c2nccs2)cc1. The van der Waals surface area contributed by atoms with E-state index in [0.717, 1.165) is 27.4 Å². The maximum Gasteiger partial charge on any atom is 0.238 e. The van der Waals surface area contributed by atoms with Gasteiger partial charge in [-0.05, 0) is 12.5 Å². The summed E-state index contributed by atoms with van der Waals surface area (Å²) in [6.45, 7) is 1.33. The lowest BCUT2D eigenvalue weighted by Gasteiger charge is -2.39. The Balaban J connectivity index is 1.50. The summed E-state index contributed by atoms with van der Waals surface area (Å²) in [5.41, 5.74) is 3.63. The number of aliphatic hydroxyl groups is 4. The highest BCUT2D eigenvalue weighted by atomic mass is 32.1. The molecule has 5 atom stereocenters. The van der Waals surface area contributed by atoms with Crippen LogP contribution in [0, 0.1) is 6.92 Å². The molecule has 1 aromatic carbocycles. The van der Waals surface area contributed by atoms with Crippen molar-refractivity contribution in [3.63, 3.8) is 0 Å². The van der Waals surface area contributed by atoms with Crippen molar-refractivity contribution in [2.45, 2.75) is 44.1 Å². The molecule has 0 amide bonds. The maximum atomic E-state index is 10.2. The molecule has 0 bridgehead atoms. The number of hydrogen-bond donors (Lipinski definition) is 5. The summed E-state index contributed by atoms with van der Waals surface area (Å²) in [6, 6.07) is 8.00. The first kappa shape index (κ1) is 20.9. The normalized spacial score (nSPS) is 26.6. The van der Waals surface area contributed by atoms with E-state index in [1.54, 1.807) is 17.5 Å². The lowest BCUT2D eigenvalue weighted by molar-refractivity contribution is -0.278. The monoisotopic (exact) mass is 433 g/mol. The van der Waals surface area contributed by atoms with Crippen LogP contribution in [0.25, 0.3) is 10.6 Å². The maximum absolute atomic E-state index is 10.2. The highest BCUT2D eigenvalue weighted by Crippen LogP contribution is 2.29. The zero-order valence-corrected chi connectivity index (χ0v) is 17.0. The van der Waals surface area contributed by atoms with Crippen molar-refractivity contribution < 1.29 is 29.9 Å². The second-order valence-electron chi connectivity index (χ2n) is 7.16. The molecular formula is C20H23N3O6S. The first-order chi connectivity index (χ1) is 14.5. The Morgan fingerprint density at radius 2 is 1.90 bits per heavy atom. The minimum absolute atomic E-state index is 0.223. The number of benzene rings is 1. The molecule has 5 N–H and O–H groups in total. The number of nitrogens with zero attached hydrogens (tertiary/aromatic N) is 2. The quantitative estimate of drug-likeness (QED) is 0.381. The smallest absolute Gasteiger partial charge is 0.238 e. The summed E-state index contributed by atoms with van der Waals surface area (Å²) in [6.07, 6.45) is -4.49. The molecule has 1 saturated heterocycles. The molecule has 2 aromatic heterocycles. The molecule has 10 heteroatoms. The lowest BCUT2D eigenvalue weighted by Crippen LogP contribution is -2.60. The van der Waals surface area contributed by atoms with Gasteiger partial charge in [-0.15, -0.1) is 16.4 Å². The number of nitrogens with one attached hydrogen (secondary N) is 1. The Morgan fingerprint density at radius 3 is 2.57 bits per heavy atom. The standard InChI is InChI=1S/C20H23N3O6S/c1-10-13(8-11-2-4-12(5-3-11)19-21-6-7-30-19)18(23-22-10)29-20-17(27)16(26)15(25)14(9-24)28-20/h2-7,14-17,20,24-27H,8-9H2,1H3,(H,22,23)/t14-,15-,16+,17-,20?/m1/s1. The lowest BCUT2D eigenvalue weighted by atomic mass is 9.99. The molecule has 4 rings (SSSR count). The molecule has 160 valence electrons. The summed E-state index contributed by atoms with van der Waals surface area (Å²) >= 11 is 1.57. The molecular weight excluding hydrogens is 410 g/mol. The van der Waals surface area contributed by atoms with Crippen LogP contribution >= 0.6 is 11.3 Å². The van der Waals surface area contributed by atoms with E-state index in [2.05, 4.69) is 15.2 Å². The van der Waals surface area contributed by atoms with Crippen LogP contribution in [0.5, 0.6) is 5.88 Å². The molecule has 30 heavy (non-hydrogen) atoms. The number of rotatable bonds is 6. The van der Waals surface area contributed by atoms with Crippen molar-refractivity contribution in [2.75, 3.05) is 6.61 Å². The van der Waals surface area contributed by atoms with E-state index in [4.69, 9.17) is 9.47 Å². The second kappa shape index (κ2) is 8.80. The summed E-state index contributed by atoms with van der Waals surface area (Å²) in [4.78, 5) is 4.31. The van der Waals surface area contributed by atoms with Crippen LogP contribution in [0.1, 0.15) is 16.8 Å². The number of aryl methyl sites for hydroxylation is 1. The fourth-order valence-electron chi connectivity index (χ4n) is 3.35. The largest absolute Gasteiger partial charge is 0.443 e. The van der Waals surface area contributed by atoms with Crippen molar-refractivity contribution in [2.24, 2.45) is 0 Å². The zero-order chi connectivity index (χ0) is 21.3. The minimum atomic E-state index is -1.51. The van der Waals surface area contributed by atoms with Crippen molar-refractivity contribution in [3.05, 3.63) is 52.7 Å². The summed E-state index contributed by atoms with van der Waals surface area (Å²) in [5.74, 6) is 0.223. The van der Waals surface area contributed by atoms with Gasteiger partial charge in [0.05, 0.1) is 6.61 Å². The molecule has 0 aliphatic carbocycles. The van der Waals surface area contributed by atoms with E-state index in [1.807, 2.05) is 36.6 Å². The molecule has 3 heterocycles. The first-order valence-corrected chi connectivity index (χ1v) is 10.4. The fraction of sp³-hybridized carbons (Fsp3) is 0.400. The van der Waals surface area contributed by atoms with Crippen molar-refractivity contribution in [3.8, 4) is 16.5 Å². The van der Waals surface area contributed by atoms with Gasteiger partial charge in [0, 0.05) is 34.8 Å². The number of aromatic nitrogens is 3. The fourth-order valence-corrected chi connectivity index (χ4v) is 3.99. The van der Waals surface area contributed by atoms with Gasteiger partial charge in [0.1, 0.15) is 29.4 Å². The molecule has 1 aliphatic rings. The molecule has 1 unspecified atom stereocenters. The topological polar surface area (TPSA) is 141 Å². The van der Waals surface area contributed by atoms with Crippen LogP contribution < -0.4 is 4.74 Å². The zero-order valence-electron chi connectivity index (χ0n) is 16.2. The van der Waals surface area contributed by atoms with Gasteiger partial charge in [-0.1, -0.05) is 24.3 Å². The third kappa shape index (κ3) is 4.10. The number of H-pyrrole nitrogens is 1. The van der Waals surface area contributed by atoms with E-state index < -0.39 is 37.3 Å². The number of aliphatic hydroxyl groups excluding tert-OH is 4. The molecule has 1 fully saturated rings. The predicted molar refractivity (Wildman–Crippen MR) is 108 cm³/mol. The van der Waals surface area contributed by atoms with Gasteiger partial charge in [0.2, 0.25) is 12.2 Å². The van der Waals surface area contributed by atoms with Crippen molar-refractivity contribution in [1.82, 2.24) is 15.2 Å². The van der Waals surface area contributed by atoms with Gasteiger partial charge in [-0.25, -0.2) is 4.98 Å². The van der Waals surface area contributed by atoms with Crippen molar-refractivity contribution >= 4 is 11.3 Å². The summed E-state index contributed by atoms with van der Waals surface area (Å²) in [7, 11) is 0. The third-order valence-electron chi connectivity index (χ3n) is 5.13. The van der Waals surface area contributed by atoms with Gasteiger partial charge in [-0.2, -0.15) is 0 Å². The Labute approximate surface area is 176 Å². The summed E-state index contributed by atoms with van der Waals surface area (Å²) in [5, 5.41) is 49.3. The van der Waals surface area contributed by atoms with E-state index in [1.165, 1.54) is 0 Å². The molecule has 3 aromatic rings. The predicted octanol–water partition coefficient (Wildman–Crippen LogP) is 0.611. The van der Waals surface area contributed by atoms with Crippen LogP contribution in [0.4, 0.5) is 0 Å². The van der Waals surface area contributed by atoms with Crippen LogP contribution in [0.2, 0.25) is 0 Å². The van der Waals surface area contributed by atoms with Gasteiger partial charge in [-0.3, -0.25) is 5.10 Å². The van der Waals surface area contributed by atoms with Gasteiger partial charge < -0.3 is 29.9 Å². The van der Waals surface area contributed by atoms with Gasteiger partial charge in [0.15, 0.2) is 0 Å². The highest BCUT2D eigenvalue weighted by Gasteiger charge is 2.45. The average Bonchev–Trinajstić information content (AvgIpc) is 3.41. The molecule has 0 radical (unpaired) electrons. The van der Waals surface area contributed by atoms with Crippen LogP contribution in [0.3, 0.4) is 0 Å². The number of thiazole rings is 1. The third-order valence-corrected chi connectivity index (χ3v) is 5.95.